The van der Waals surface area contributed by atoms with E-state index in [1.54, 1.807) is 11.1 Å². The summed E-state index contributed by atoms with van der Waals surface area (Å²) in [7, 11) is 0. The van der Waals surface area contributed by atoms with Crippen LogP contribution in [0.5, 0.6) is 0 Å². The zero-order valence-corrected chi connectivity index (χ0v) is 17.9. The van der Waals surface area contributed by atoms with Crippen LogP contribution in [-0.2, 0) is 22.7 Å². The molecule has 5 rings (SSSR count). The van der Waals surface area contributed by atoms with E-state index in [1.807, 2.05) is 24.4 Å². The lowest BCUT2D eigenvalue weighted by Gasteiger charge is -2.36. The Morgan fingerprint density at radius 1 is 1.09 bits per heavy atom. The maximum atomic E-state index is 13.2. The predicted octanol–water partition coefficient (Wildman–Crippen LogP) is 1.60. The molecule has 3 aliphatic rings. The van der Waals surface area contributed by atoms with Crippen molar-refractivity contribution in [1.29, 1.82) is 0 Å². The van der Waals surface area contributed by atoms with Crippen molar-refractivity contribution < 1.29 is 14.4 Å². The third-order valence-electron chi connectivity index (χ3n) is 6.67. The van der Waals surface area contributed by atoms with Gasteiger partial charge in [0, 0.05) is 37.3 Å². The summed E-state index contributed by atoms with van der Waals surface area (Å²) in [6.07, 6.45) is 6.43. The minimum atomic E-state index is -0.585. The quantitative estimate of drug-likeness (QED) is 0.696. The first-order chi connectivity index (χ1) is 15.6. The minimum Gasteiger partial charge on any atom is -0.363 e. The summed E-state index contributed by atoms with van der Waals surface area (Å²) in [5, 5.41) is 5.78. The number of rotatable bonds is 5. The molecular weight excluding hydrogens is 406 g/mol. The number of piperidine rings is 2. The van der Waals surface area contributed by atoms with Crippen LogP contribution < -0.4 is 15.5 Å². The number of nitrogens with one attached hydrogen (secondary N) is 2. The fraction of sp³-hybridized carbons (Fsp3) is 0.417. The third-order valence-corrected chi connectivity index (χ3v) is 6.67. The fourth-order valence-electron chi connectivity index (χ4n) is 4.97. The van der Waals surface area contributed by atoms with Crippen molar-refractivity contribution in [3.05, 3.63) is 59.4 Å². The topological polar surface area (TPSA) is 94.6 Å². The number of amides is 3. The Labute approximate surface area is 187 Å². The first-order valence-corrected chi connectivity index (χ1v) is 11.2. The molecule has 4 heterocycles. The second-order valence-corrected chi connectivity index (χ2v) is 8.71. The molecule has 8 heteroatoms. The second-order valence-electron chi connectivity index (χ2n) is 8.71. The van der Waals surface area contributed by atoms with Crippen LogP contribution in [0.25, 0.3) is 0 Å². The molecule has 8 nitrogen and oxygen atoms in total. The Kier molecular flexibility index (Phi) is 5.61. The van der Waals surface area contributed by atoms with Crippen LogP contribution in [0.1, 0.15) is 47.2 Å². The van der Waals surface area contributed by atoms with Crippen LogP contribution in [0, 0.1) is 0 Å². The summed E-state index contributed by atoms with van der Waals surface area (Å²) in [5.74, 6) is -0.784. The van der Waals surface area contributed by atoms with Crippen LogP contribution in [0.4, 0.5) is 5.69 Å². The van der Waals surface area contributed by atoms with Gasteiger partial charge < -0.3 is 15.1 Å². The van der Waals surface area contributed by atoms with E-state index in [2.05, 4.69) is 32.7 Å². The lowest BCUT2D eigenvalue weighted by molar-refractivity contribution is -0.136. The van der Waals surface area contributed by atoms with Crippen LogP contribution >= 0.6 is 0 Å². The van der Waals surface area contributed by atoms with Gasteiger partial charge in [-0.1, -0.05) is 12.1 Å². The number of pyridine rings is 1. The number of imide groups is 1. The lowest BCUT2D eigenvalue weighted by Crippen LogP contribution is -2.52. The van der Waals surface area contributed by atoms with Crippen molar-refractivity contribution in [3.63, 3.8) is 0 Å². The first kappa shape index (κ1) is 20.6. The van der Waals surface area contributed by atoms with E-state index in [-0.39, 0.29) is 24.1 Å². The molecule has 1 aromatic carbocycles. The van der Waals surface area contributed by atoms with E-state index >= 15 is 0 Å². The number of fused-ring (bicyclic) bond motifs is 1. The number of aromatic nitrogens is 1. The smallest absolute Gasteiger partial charge is 0.255 e. The molecule has 1 unspecified atom stereocenters. The van der Waals surface area contributed by atoms with Crippen molar-refractivity contribution >= 4 is 23.4 Å². The maximum Gasteiger partial charge on any atom is 0.255 e. The number of carbonyl (C=O) groups excluding carboxylic acids is 3. The van der Waals surface area contributed by atoms with E-state index in [0.717, 1.165) is 42.7 Å². The molecule has 2 aromatic rings. The van der Waals surface area contributed by atoms with Gasteiger partial charge in [0.25, 0.3) is 5.91 Å². The highest BCUT2D eigenvalue weighted by atomic mass is 16.2. The zero-order chi connectivity index (χ0) is 22.1. The van der Waals surface area contributed by atoms with Gasteiger partial charge in [-0.3, -0.25) is 24.7 Å². The van der Waals surface area contributed by atoms with Gasteiger partial charge in [-0.05, 0) is 61.7 Å². The molecule has 1 atom stereocenters. The van der Waals surface area contributed by atoms with Crippen molar-refractivity contribution in [2.24, 2.45) is 0 Å². The van der Waals surface area contributed by atoms with Gasteiger partial charge in [-0.25, -0.2) is 0 Å². The van der Waals surface area contributed by atoms with Crippen molar-refractivity contribution in [1.82, 2.24) is 20.5 Å². The maximum absolute atomic E-state index is 13.2. The van der Waals surface area contributed by atoms with Gasteiger partial charge in [0.2, 0.25) is 11.8 Å². The number of benzene rings is 1. The second kappa shape index (κ2) is 8.70. The summed E-state index contributed by atoms with van der Waals surface area (Å²) in [5.41, 5.74) is 3.72. The van der Waals surface area contributed by atoms with Crippen LogP contribution in [-0.4, -0.2) is 52.8 Å². The summed E-state index contributed by atoms with van der Waals surface area (Å²) in [4.78, 5) is 45.2. The van der Waals surface area contributed by atoms with Gasteiger partial charge in [0.1, 0.15) is 6.04 Å². The van der Waals surface area contributed by atoms with Gasteiger partial charge in [-0.15, -0.1) is 0 Å². The molecule has 2 fully saturated rings. The van der Waals surface area contributed by atoms with E-state index < -0.39 is 6.04 Å². The largest absolute Gasteiger partial charge is 0.363 e. The van der Waals surface area contributed by atoms with E-state index in [9.17, 15) is 14.4 Å². The minimum absolute atomic E-state index is 0.133. The Balaban J connectivity index is 1.37. The van der Waals surface area contributed by atoms with Crippen LogP contribution in [0.3, 0.4) is 0 Å². The molecule has 2 N–H and O–H groups in total. The molecule has 32 heavy (non-hydrogen) atoms. The Bertz CT molecular complexity index is 1040. The highest BCUT2D eigenvalue weighted by Gasteiger charge is 2.39. The zero-order valence-electron chi connectivity index (χ0n) is 17.9. The van der Waals surface area contributed by atoms with Crippen molar-refractivity contribution in [2.75, 3.05) is 18.0 Å². The molecule has 0 bridgehead atoms. The number of hydrogen-bond acceptors (Lipinski definition) is 6. The molecule has 0 saturated carbocycles. The molecular formula is C24H27N5O3. The van der Waals surface area contributed by atoms with E-state index in [1.165, 1.54) is 0 Å². The standard InChI is InChI=1S/C24H27N5O3/c30-22-6-5-21(23(31)27-22)29-15-17-4-3-16(12-20(17)24(29)32)14-28(18-7-10-25-11-8-18)19-2-1-9-26-13-19/h1-4,9,12-13,18,21,25H,5-8,10-11,14-15H2,(H,27,30,31). The molecule has 2 saturated heterocycles. The summed E-state index contributed by atoms with van der Waals surface area (Å²) >= 11 is 0. The lowest BCUT2D eigenvalue weighted by atomic mass is 10.0. The summed E-state index contributed by atoms with van der Waals surface area (Å²) < 4.78 is 0. The Hall–Kier alpha value is -3.26. The predicted molar refractivity (Wildman–Crippen MR) is 119 cm³/mol. The third kappa shape index (κ3) is 3.98. The average Bonchev–Trinajstić information content (AvgIpc) is 3.14. The monoisotopic (exact) mass is 433 g/mol. The first-order valence-electron chi connectivity index (χ1n) is 11.2. The molecule has 166 valence electrons. The molecule has 3 aliphatic heterocycles. The normalized spacial score (nSPS) is 21.4. The highest BCUT2D eigenvalue weighted by Crippen LogP contribution is 2.30. The average molecular weight is 434 g/mol. The van der Waals surface area contributed by atoms with Crippen molar-refractivity contribution in [3.8, 4) is 0 Å². The molecule has 3 amide bonds. The SMILES string of the molecule is O=C1CCC(N2Cc3ccc(CN(c4cccnc4)C4CCNCC4)cc3C2=O)C(=O)N1. The Morgan fingerprint density at radius 2 is 1.94 bits per heavy atom. The van der Waals surface area contributed by atoms with E-state index in [4.69, 9.17) is 0 Å². The fourth-order valence-corrected chi connectivity index (χ4v) is 4.97. The summed E-state index contributed by atoms with van der Waals surface area (Å²) in [6, 6.07) is 9.89. The van der Waals surface area contributed by atoms with Gasteiger partial charge in [0.15, 0.2) is 0 Å². The molecule has 0 radical (unpaired) electrons. The van der Waals surface area contributed by atoms with Gasteiger partial charge in [-0.2, -0.15) is 0 Å². The summed E-state index contributed by atoms with van der Waals surface area (Å²) in [6.45, 7) is 3.08. The van der Waals surface area contributed by atoms with Crippen LogP contribution in [0.15, 0.2) is 42.7 Å². The molecule has 0 spiro atoms. The number of nitrogens with zero attached hydrogens (tertiary/aromatic N) is 3. The highest BCUT2D eigenvalue weighted by molar-refractivity contribution is 6.05. The number of carbonyl (C=O) groups is 3. The van der Waals surface area contributed by atoms with Crippen molar-refractivity contribution in [2.45, 2.75) is 50.9 Å². The van der Waals surface area contributed by atoms with Gasteiger partial charge >= 0.3 is 0 Å². The molecule has 0 aliphatic carbocycles. The number of anilines is 1. The molecule has 1 aromatic heterocycles. The van der Waals surface area contributed by atoms with E-state index in [0.29, 0.717) is 31.1 Å². The number of hydrogen-bond donors (Lipinski definition) is 2. The Morgan fingerprint density at radius 3 is 2.69 bits per heavy atom. The van der Waals surface area contributed by atoms with Gasteiger partial charge in [0.05, 0.1) is 11.9 Å². The van der Waals surface area contributed by atoms with Crippen LogP contribution in [0.2, 0.25) is 0 Å².